The van der Waals surface area contributed by atoms with Gasteiger partial charge in [-0.15, -0.1) is 0 Å². The van der Waals surface area contributed by atoms with E-state index in [-0.39, 0.29) is 18.0 Å². The van der Waals surface area contributed by atoms with Gasteiger partial charge in [-0.25, -0.2) is 4.39 Å². The number of hydrogen-bond acceptors (Lipinski definition) is 2. The maximum absolute atomic E-state index is 13.4. The Bertz CT molecular complexity index is 393. The lowest BCUT2D eigenvalue weighted by Gasteiger charge is -2.26. The maximum atomic E-state index is 13.4. The molecule has 4 heteroatoms. The molecular formula is C14H19BrFNO. The Hall–Kier alpha value is -0.450. The molecular weight excluding hydrogens is 297 g/mol. The first-order valence-corrected chi connectivity index (χ1v) is 7.13. The quantitative estimate of drug-likeness (QED) is 0.921. The SMILES string of the molecule is CNC(Cc1cc(F)cc(Br)c1)C1OCCC1C. The summed E-state index contributed by atoms with van der Waals surface area (Å²) >= 11 is 3.33. The normalized spacial score (nSPS) is 25.3. The van der Waals surface area contributed by atoms with Crippen LogP contribution in [0.3, 0.4) is 0 Å². The van der Waals surface area contributed by atoms with Crippen molar-refractivity contribution in [2.75, 3.05) is 13.7 Å². The lowest BCUT2D eigenvalue weighted by molar-refractivity contribution is 0.0634. The first-order chi connectivity index (χ1) is 8.60. The van der Waals surface area contributed by atoms with E-state index in [1.54, 1.807) is 6.07 Å². The first-order valence-electron chi connectivity index (χ1n) is 6.34. The first kappa shape index (κ1) is 14.0. The molecule has 0 aliphatic carbocycles. The number of hydrogen-bond donors (Lipinski definition) is 1. The molecule has 1 fully saturated rings. The second kappa shape index (κ2) is 6.13. The monoisotopic (exact) mass is 315 g/mol. The highest BCUT2D eigenvalue weighted by Crippen LogP contribution is 2.25. The summed E-state index contributed by atoms with van der Waals surface area (Å²) in [5.41, 5.74) is 0.990. The highest BCUT2D eigenvalue weighted by Gasteiger charge is 2.31. The van der Waals surface area contributed by atoms with Crippen LogP contribution >= 0.6 is 15.9 Å². The Morgan fingerprint density at radius 3 is 2.83 bits per heavy atom. The molecule has 0 aromatic heterocycles. The topological polar surface area (TPSA) is 21.3 Å². The number of likely N-dealkylation sites (N-methyl/N-ethyl adjacent to an activating group) is 1. The summed E-state index contributed by atoms with van der Waals surface area (Å²) < 4.78 is 19.9. The van der Waals surface area contributed by atoms with E-state index in [2.05, 4.69) is 28.2 Å². The smallest absolute Gasteiger partial charge is 0.124 e. The van der Waals surface area contributed by atoms with Crippen LogP contribution in [-0.4, -0.2) is 25.8 Å². The zero-order valence-corrected chi connectivity index (χ0v) is 12.3. The van der Waals surface area contributed by atoms with E-state index >= 15 is 0 Å². The molecule has 0 spiro atoms. The van der Waals surface area contributed by atoms with Crippen LogP contribution in [-0.2, 0) is 11.2 Å². The van der Waals surface area contributed by atoms with E-state index < -0.39 is 0 Å². The van der Waals surface area contributed by atoms with E-state index in [0.29, 0.717) is 5.92 Å². The highest BCUT2D eigenvalue weighted by atomic mass is 79.9. The summed E-state index contributed by atoms with van der Waals surface area (Å²) in [6.07, 6.45) is 2.11. The molecule has 1 aliphatic heterocycles. The Morgan fingerprint density at radius 1 is 1.50 bits per heavy atom. The van der Waals surface area contributed by atoms with E-state index in [4.69, 9.17) is 4.74 Å². The highest BCUT2D eigenvalue weighted by molar-refractivity contribution is 9.10. The molecule has 2 rings (SSSR count). The Morgan fingerprint density at radius 2 is 2.28 bits per heavy atom. The number of benzene rings is 1. The molecule has 1 aromatic carbocycles. The Balaban J connectivity index is 2.09. The van der Waals surface area contributed by atoms with Gasteiger partial charge < -0.3 is 10.1 Å². The van der Waals surface area contributed by atoms with E-state index in [0.717, 1.165) is 29.5 Å². The zero-order valence-electron chi connectivity index (χ0n) is 10.7. The molecule has 1 saturated heterocycles. The number of rotatable bonds is 4. The molecule has 100 valence electrons. The van der Waals surface area contributed by atoms with Gasteiger partial charge in [0.1, 0.15) is 5.82 Å². The second-order valence-electron chi connectivity index (χ2n) is 4.98. The second-order valence-corrected chi connectivity index (χ2v) is 5.89. The fourth-order valence-corrected chi connectivity index (χ4v) is 3.11. The maximum Gasteiger partial charge on any atom is 0.124 e. The minimum Gasteiger partial charge on any atom is -0.376 e. The largest absolute Gasteiger partial charge is 0.376 e. The minimum absolute atomic E-state index is 0.199. The van der Waals surface area contributed by atoms with Gasteiger partial charge in [0.2, 0.25) is 0 Å². The van der Waals surface area contributed by atoms with Gasteiger partial charge >= 0.3 is 0 Å². The predicted octanol–water partition coefficient (Wildman–Crippen LogP) is 3.14. The van der Waals surface area contributed by atoms with Crippen LogP contribution in [0.15, 0.2) is 22.7 Å². The van der Waals surface area contributed by atoms with Crippen molar-refractivity contribution in [3.05, 3.63) is 34.1 Å². The van der Waals surface area contributed by atoms with E-state index in [9.17, 15) is 4.39 Å². The number of nitrogens with one attached hydrogen (secondary N) is 1. The lowest BCUT2D eigenvalue weighted by Crippen LogP contribution is -2.41. The van der Waals surface area contributed by atoms with Crippen LogP contribution in [0.4, 0.5) is 4.39 Å². The summed E-state index contributed by atoms with van der Waals surface area (Å²) in [4.78, 5) is 0. The molecule has 0 saturated carbocycles. The van der Waals surface area contributed by atoms with Gasteiger partial charge in [0, 0.05) is 17.1 Å². The molecule has 0 bridgehead atoms. The van der Waals surface area contributed by atoms with Crippen molar-refractivity contribution < 1.29 is 9.13 Å². The standard InChI is InChI=1S/C14H19BrFNO/c1-9-3-4-18-14(9)13(17-2)7-10-5-11(15)8-12(16)6-10/h5-6,8-9,13-14,17H,3-4,7H2,1-2H3. The van der Waals surface area contributed by atoms with Crippen LogP contribution in [0, 0.1) is 11.7 Å². The molecule has 18 heavy (non-hydrogen) atoms. The summed E-state index contributed by atoms with van der Waals surface area (Å²) in [6.45, 7) is 3.04. The minimum atomic E-state index is -0.199. The van der Waals surface area contributed by atoms with Crippen molar-refractivity contribution in [2.24, 2.45) is 5.92 Å². The van der Waals surface area contributed by atoms with Crippen LogP contribution < -0.4 is 5.32 Å². The van der Waals surface area contributed by atoms with Gasteiger partial charge in [-0.1, -0.05) is 22.9 Å². The van der Waals surface area contributed by atoms with Crippen LogP contribution in [0.5, 0.6) is 0 Å². The molecule has 0 radical (unpaired) electrons. The Kier molecular flexibility index (Phi) is 4.76. The third-order valence-electron chi connectivity index (χ3n) is 3.59. The van der Waals surface area contributed by atoms with Gasteiger partial charge in [-0.05, 0) is 49.6 Å². The van der Waals surface area contributed by atoms with Gasteiger partial charge in [0.15, 0.2) is 0 Å². The van der Waals surface area contributed by atoms with Crippen molar-refractivity contribution in [1.29, 1.82) is 0 Å². The van der Waals surface area contributed by atoms with Crippen molar-refractivity contribution in [2.45, 2.75) is 31.9 Å². The van der Waals surface area contributed by atoms with Gasteiger partial charge in [-0.3, -0.25) is 0 Å². The third kappa shape index (κ3) is 3.31. The van der Waals surface area contributed by atoms with Crippen LogP contribution in [0.25, 0.3) is 0 Å². The van der Waals surface area contributed by atoms with Crippen molar-refractivity contribution in [3.8, 4) is 0 Å². The van der Waals surface area contributed by atoms with Crippen molar-refractivity contribution in [3.63, 3.8) is 0 Å². The van der Waals surface area contributed by atoms with Gasteiger partial charge in [-0.2, -0.15) is 0 Å². The summed E-state index contributed by atoms with van der Waals surface area (Å²) in [6, 6.07) is 5.27. The van der Waals surface area contributed by atoms with Gasteiger partial charge in [0.05, 0.1) is 6.10 Å². The molecule has 1 heterocycles. The third-order valence-corrected chi connectivity index (χ3v) is 4.05. The van der Waals surface area contributed by atoms with E-state index in [1.807, 2.05) is 13.1 Å². The summed E-state index contributed by atoms with van der Waals surface area (Å²) in [5.74, 6) is 0.356. The van der Waals surface area contributed by atoms with Crippen LogP contribution in [0.2, 0.25) is 0 Å². The fourth-order valence-electron chi connectivity index (χ4n) is 2.60. The van der Waals surface area contributed by atoms with Crippen molar-refractivity contribution >= 4 is 15.9 Å². The van der Waals surface area contributed by atoms with E-state index in [1.165, 1.54) is 6.07 Å². The molecule has 0 amide bonds. The summed E-state index contributed by atoms with van der Waals surface area (Å²) in [5, 5.41) is 3.30. The zero-order chi connectivity index (χ0) is 13.1. The molecule has 1 aromatic rings. The molecule has 1 N–H and O–H groups in total. The molecule has 3 atom stereocenters. The molecule has 2 nitrogen and oxygen atoms in total. The fraction of sp³-hybridized carbons (Fsp3) is 0.571. The number of ether oxygens (including phenoxy) is 1. The number of halogens is 2. The van der Waals surface area contributed by atoms with Crippen molar-refractivity contribution in [1.82, 2.24) is 5.32 Å². The van der Waals surface area contributed by atoms with Crippen LogP contribution in [0.1, 0.15) is 18.9 Å². The molecule has 1 aliphatic rings. The average molecular weight is 316 g/mol. The average Bonchev–Trinajstić information content (AvgIpc) is 2.71. The Labute approximate surface area is 116 Å². The van der Waals surface area contributed by atoms with Gasteiger partial charge in [0.25, 0.3) is 0 Å². The molecule has 3 unspecified atom stereocenters. The lowest BCUT2D eigenvalue weighted by atomic mass is 9.93. The predicted molar refractivity (Wildman–Crippen MR) is 74.2 cm³/mol. The summed E-state index contributed by atoms with van der Waals surface area (Å²) in [7, 11) is 1.94.